The number of pyridine rings is 1. The number of hydrogen-bond acceptors (Lipinski definition) is 5. The van der Waals surface area contributed by atoms with E-state index in [0.717, 1.165) is 16.8 Å². The standard InChI is InChI=1S/C28H33FN2O4/c1-16-13-28(26(33)31-17(2)15-32)25(19(4)35-27(28)34)24(18(16)3)11-10-23-9-8-21(14-30-23)20-6-5-7-22(29)12-20/h5-12,14,16-19,24-25,32H,13,15H2,1-4H3,(H,31,33)/b11-10+/t16?,17-,18?,19-,24?,25?,28-/m1/s1. The number of amides is 1. The molecule has 2 heterocycles. The van der Waals surface area contributed by atoms with Crippen molar-refractivity contribution in [3.63, 3.8) is 0 Å². The van der Waals surface area contributed by atoms with Gasteiger partial charge in [-0.15, -0.1) is 0 Å². The fourth-order valence-electron chi connectivity index (χ4n) is 5.73. The average molecular weight is 481 g/mol. The lowest BCUT2D eigenvalue weighted by Gasteiger charge is -2.46. The van der Waals surface area contributed by atoms with Crippen LogP contribution in [0.1, 0.15) is 39.8 Å². The minimum atomic E-state index is -1.28. The van der Waals surface area contributed by atoms with E-state index >= 15 is 0 Å². The lowest BCUT2D eigenvalue weighted by atomic mass is 9.54. The van der Waals surface area contributed by atoms with Gasteiger partial charge in [0.15, 0.2) is 5.41 Å². The molecule has 2 N–H and O–H groups in total. The molecule has 186 valence electrons. The highest BCUT2D eigenvalue weighted by atomic mass is 19.1. The van der Waals surface area contributed by atoms with Crippen LogP contribution in [0.25, 0.3) is 17.2 Å². The normalized spacial score (nSPS) is 31.1. The summed E-state index contributed by atoms with van der Waals surface area (Å²) in [4.78, 5) is 31.0. The molecule has 6 nitrogen and oxygen atoms in total. The maximum absolute atomic E-state index is 13.6. The quantitative estimate of drug-likeness (QED) is 0.477. The van der Waals surface area contributed by atoms with Gasteiger partial charge in [0.25, 0.3) is 0 Å². The molecule has 35 heavy (non-hydrogen) atoms. The van der Waals surface area contributed by atoms with Crippen molar-refractivity contribution in [2.24, 2.45) is 29.1 Å². The largest absolute Gasteiger partial charge is 0.461 e. The Morgan fingerprint density at radius 2 is 2.06 bits per heavy atom. The molecule has 1 amide bonds. The zero-order valence-electron chi connectivity index (χ0n) is 20.6. The number of nitrogens with zero attached hydrogens (tertiary/aromatic N) is 1. The fraction of sp³-hybridized carbons (Fsp3) is 0.464. The number of aliphatic hydroxyl groups is 1. The van der Waals surface area contributed by atoms with Crippen LogP contribution in [-0.4, -0.2) is 40.7 Å². The first-order chi connectivity index (χ1) is 16.7. The molecule has 4 unspecified atom stereocenters. The monoisotopic (exact) mass is 480 g/mol. The van der Waals surface area contributed by atoms with Crippen molar-refractivity contribution >= 4 is 18.0 Å². The first-order valence-corrected chi connectivity index (χ1v) is 12.2. The number of fused-ring (bicyclic) bond motifs is 1. The van der Waals surface area contributed by atoms with Crippen molar-refractivity contribution in [1.29, 1.82) is 0 Å². The summed E-state index contributed by atoms with van der Waals surface area (Å²) in [6.45, 7) is 7.56. The molecule has 0 spiro atoms. The van der Waals surface area contributed by atoms with Crippen molar-refractivity contribution < 1.29 is 23.8 Å². The fourth-order valence-corrected chi connectivity index (χ4v) is 5.73. The summed E-state index contributed by atoms with van der Waals surface area (Å²) < 4.78 is 19.2. The molecule has 0 radical (unpaired) electrons. The van der Waals surface area contributed by atoms with Crippen LogP contribution in [0.4, 0.5) is 4.39 Å². The zero-order valence-corrected chi connectivity index (χ0v) is 20.6. The van der Waals surface area contributed by atoms with E-state index in [9.17, 15) is 19.1 Å². The number of rotatable bonds is 6. The van der Waals surface area contributed by atoms with Crippen LogP contribution in [-0.2, 0) is 14.3 Å². The number of carbonyl (C=O) groups excluding carboxylic acids is 2. The SMILES string of the molecule is CC1C[C@@]2(C(=O)N[C@H](C)CO)C(=O)O[C@H](C)C2C(/C=C/c2ccc(-c3cccc(F)c3)cn2)C1C. The summed E-state index contributed by atoms with van der Waals surface area (Å²) in [5.41, 5.74) is 1.03. The number of esters is 1. The molecule has 0 bridgehead atoms. The minimum absolute atomic E-state index is 0.0833. The van der Waals surface area contributed by atoms with Gasteiger partial charge in [-0.05, 0) is 67.9 Å². The number of nitrogens with one attached hydrogen (secondary N) is 1. The third kappa shape index (κ3) is 4.61. The molecule has 1 saturated heterocycles. The molecular weight excluding hydrogens is 447 g/mol. The Kier molecular flexibility index (Phi) is 7.08. The van der Waals surface area contributed by atoms with E-state index in [-0.39, 0.29) is 42.0 Å². The number of aliphatic hydroxyl groups excluding tert-OH is 1. The maximum Gasteiger partial charge on any atom is 0.322 e. The van der Waals surface area contributed by atoms with Crippen molar-refractivity contribution in [2.45, 2.75) is 46.3 Å². The number of carbonyl (C=O) groups is 2. The topological polar surface area (TPSA) is 88.5 Å². The Morgan fingerprint density at radius 1 is 1.29 bits per heavy atom. The van der Waals surface area contributed by atoms with Gasteiger partial charge in [-0.2, -0.15) is 0 Å². The van der Waals surface area contributed by atoms with Gasteiger partial charge in [-0.3, -0.25) is 14.6 Å². The molecule has 1 aliphatic heterocycles. The van der Waals surface area contributed by atoms with Crippen LogP contribution < -0.4 is 5.32 Å². The summed E-state index contributed by atoms with van der Waals surface area (Å²) in [7, 11) is 0. The van der Waals surface area contributed by atoms with E-state index in [1.165, 1.54) is 12.1 Å². The van der Waals surface area contributed by atoms with Crippen LogP contribution in [0.2, 0.25) is 0 Å². The minimum Gasteiger partial charge on any atom is -0.461 e. The van der Waals surface area contributed by atoms with Gasteiger partial charge in [0.1, 0.15) is 11.9 Å². The Hall–Kier alpha value is -3.06. The van der Waals surface area contributed by atoms with Gasteiger partial charge in [0.05, 0.1) is 12.3 Å². The molecule has 1 aromatic heterocycles. The van der Waals surface area contributed by atoms with E-state index < -0.39 is 23.5 Å². The number of allylic oxidation sites excluding steroid dienone is 1. The Bertz CT molecular complexity index is 1120. The molecule has 7 heteroatoms. The summed E-state index contributed by atoms with van der Waals surface area (Å²) in [5, 5.41) is 12.2. The Balaban J connectivity index is 1.63. The highest BCUT2D eigenvalue weighted by Gasteiger charge is 2.66. The lowest BCUT2D eigenvalue weighted by Crippen LogP contribution is -2.57. The van der Waals surface area contributed by atoms with Crippen molar-refractivity contribution in [1.82, 2.24) is 10.3 Å². The van der Waals surface area contributed by atoms with E-state index in [4.69, 9.17) is 4.74 Å². The Morgan fingerprint density at radius 3 is 2.71 bits per heavy atom. The number of cyclic esters (lactones) is 1. The summed E-state index contributed by atoms with van der Waals surface area (Å²) in [5.74, 6) is -1.22. The number of hydrogen-bond donors (Lipinski definition) is 2. The maximum atomic E-state index is 13.6. The highest BCUT2D eigenvalue weighted by molar-refractivity contribution is 6.04. The second-order valence-corrected chi connectivity index (χ2v) is 10.1. The third-order valence-corrected chi connectivity index (χ3v) is 7.79. The molecule has 1 saturated carbocycles. The summed E-state index contributed by atoms with van der Waals surface area (Å²) in [6, 6.07) is 9.69. The summed E-state index contributed by atoms with van der Waals surface area (Å²) in [6.07, 6.45) is 5.68. The van der Waals surface area contributed by atoms with Gasteiger partial charge >= 0.3 is 5.97 Å². The molecule has 1 aliphatic carbocycles. The van der Waals surface area contributed by atoms with E-state index in [1.54, 1.807) is 19.2 Å². The highest BCUT2D eigenvalue weighted by Crippen LogP contribution is 2.56. The van der Waals surface area contributed by atoms with E-state index in [0.29, 0.717) is 6.42 Å². The number of aromatic nitrogens is 1. The first-order valence-electron chi connectivity index (χ1n) is 12.2. The van der Waals surface area contributed by atoms with Crippen LogP contribution in [0.5, 0.6) is 0 Å². The predicted molar refractivity (Wildman–Crippen MR) is 131 cm³/mol. The average Bonchev–Trinajstić information content (AvgIpc) is 3.09. The molecule has 7 atom stereocenters. The van der Waals surface area contributed by atoms with Crippen LogP contribution >= 0.6 is 0 Å². The van der Waals surface area contributed by atoms with Gasteiger partial charge in [-0.25, -0.2) is 4.39 Å². The van der Waals surface area contributed by atoms with Gasteiger partial charge in [0, 0.05) is 23.7 Å². The second-order valence-electron chi connectivity index (χ2n) is 10.1. The first kappa shape index (κ1) is 25.0. The number of ether oxygens (including phenoxy) is 1. The lowest BCUT2D eigenvalue weighted by molar-refractivity contribution is -0.157. The molecule has 4 rings (SSSR count). The van der Waals surface area contributed by atoms with Crippen LogP contribution in [0, 0.1) is 34.9 Å². The van der Waals surface area contributed by atoms with E-state index in [1.807, 2.05) is 37.3 Å². The van der Waals surface area contributed by atoms with Crippen molar-refractivity contribution in [3.05, 3.63) is 60.2 Å². The zero-order chi connectivity index (χ0) is 25.3. The molecule has 1 aromatic carbocycles. The number of halogens is 1. The van der Waals surface area contributed by atoms with Crippen LogP contribution in [0.15, 0.2) is 48.7 Å². The summed E-state index contributed by atoms with van der Waals surface area (Å²) >= 11 is 0. The molecular formula is C28H33FN2O4. The number of benzene rings is 1. The second kappa shape index (κ2) is 9.90. The van der Waals surface area contributed by atoms with Crippen molar-refractivity contribution in [3.8, 4) is 11.1 Å². The molecule has 2 aliphatic rings. The Labute approximate surface area is 205 Å². The smallest absolute Gasteiger partial charge is 0.322 e. The van der Waals surface area contributed by atoms with Gasteiger partial charge in [-0.1, -0.05) is 38.1 Å². The van der Waals surface area contributed by atoms with Crippen molar-refractivity contribution in [2.75, 3.05) is 6.61 Å². The molecule has 2 fully saturated rings. The predicted octanol–water partition coefficient (Wildman–Crippen LogP) is 4.24. The van der Waals surface area contributed by atoms with E-state index in [2.05, 4.69) is 24.1 Å². The third-order valence-electron chi connectivity index (χ3n) is 7.79. The molecule has 2 aromatic rings. The van der Waals surface area contributed by atoms with Crippen LogP contribution in [0.3, 0.4) is 0 Å². The van der Waals surface area contributed by atoms with Gasteiger partial charge in [0.2, 0.25) is 5.91 Å². The van der Waals surface area contributed by atoms with Gasteiger partial charge < -0.3 is 15.2 Å².